The van der Waals surface area contributed by atoms with Gasteiger partial charge in [0.1, 0.15) is 11.5 Å². The van der Waals surface area contributed by atoms with Crippen LogP contribution in [0.2, 0.25) is 0 Å². The average Bonchev–Trinajstić information content (AvgIpc) is 2.57. The van der Waals surface area contributed by atoms with Crippen molar-refractivity contribution in [1.82, 2.24) is 4.90 Å². The van der Waals surface area contributed by atoms with Gasteiger partial charge >= 0.3 is 0 Å². The Morgan fingerprint density at radius 3 is 2.44 bits per heavy atom. The van der Waals surface area contributed by atoms with E-state index in [2.05, 4.69) is 19.0 Å². The Labute approximate surface area is 96.4 Å². The van der Waals surface area contributed by atoms with Gasteiger partial charge in [-0.3, -0.25) is 4.90 Å². The van der Waals surface area contributed by atoms with Gasteiger partial charge in [-0.05, 0) is 33.2 Å². The zero-order chi connectivity index (χ0) is 11.8. The molecule has 0 aliphatic carbocycles. The molecule has 2 rings (SSSR count). The molecule has 0 amide bonds. The Balaban J connectivity index is 2.30. The number of nitrogens with zero attached hydrogens (tertiary/aromatic N) is 1. The van der Waals surface area contributed by atoms with Gasteiger partial charge < -0.3 is 14.9 Å². The van der Waals surface area contributed by atoms with Gasteiger partial charge in [-0.25, -0.2) is 0 Å². The van der Waals surface area contributed by atoms with E-state index in [-0.39, 0.29) is 11.5 Å². The third-order valence-electron chi connectivity index (χ3n) is 3.31. The predicted molar refractivity (Wildman–Crippen MR) is 62.2 cm³/mol. The summed E-state index contributed by atoms with van der Waals surface area (Å²) >= 11 is 0. The van der Waals surface area contributed by atoms with E-state index in [1.807, 2.05) is 19.1 Å². The lowest BCUT2D eigenvalue weighted by molar-refractivity contribution is -0.149. The van der Waals surface area contributed by atoms with Crippen molar-refractivity contribution in [3.63, 3.8) is 0 Å². The lowest BCUT2D eigenvalue weighted by Crippen LogP contribution is -2.55. The lowest BCUT2D eigenvalue weighted by atomic mass is 9.76. The highest BCUT2D eigenvalue weighted by Crippen LogP contribution is 2.43. The van der Waals surface area contributed by atoms with Crippen molar-refractivity contribution >= 4 is 0 Å². The molecule has 0 saturated carbocycles. The third kappa shape index (κ3) is 1.77. The number of hydrogen-bond acceptors (Lipinski definition) is 4. The molecule has 1 aliphatic rings. The van der Waals surface area contributed by atoms with E-state index < -0.39 is 0 Å². The molecule has 1 saturated heterocycles. The highest BCUT2D eigenvalue weighted by Gasteiger charge is 2.47. The Morgan fingerprint density at radius 2 is 2.12 bits per heavy atom. The first-order valence-electron chi connectivity index (χ1n) is 5.60. The SMILES string of the molecule is Cc1ccc(C(N(C)C)C2(CN)COC2)o1. The largest absolute Gasteiger partial charge is 0.465 e. The van der Waals surface area contributed by atoms with Gasteiger partial charge in [0.15, 0.2) is 0 Å². The molecule has 1 atom stereocenters. The van der Waals surface area contributed by atoms with E-state index in [1.54, 1.807) is 0 Å². The summed E-state index contributed by atoms with van der Waals surface area (Å²) in [5.74, 6) is 1.92. The fraction of sp³-hybridized carbons (Fsp3) is 0.667. The Hall–Kier alpha value is -0.840. The summed E-state index contributed by atoms with van der Waals surface area (Å²) in [6.45, 7) is 4.01. The van der Waals surface area contributed by atoms with Crippen LogP contribution < -0.4 is 5.73 Å². The molecule has 0 bridgehead atoms. The maximum atomic E-state index is 5.90. The first kappa shape index (κ1) is 11.6. The summed E-state index contributed by atoms with van der Waals surface area (Å²) in [5.41, 5.74) is 5.91. The summed E-state index contributed by atoms with van der Waals surface area (Å²) in [6.07, 6.45) is 0. The fourth-order valence-corrected chi connectivity index (χ4v) is 2.46. The maximum Gasteiger partial charge on any atom is 0.122 e. The summed E-state index contributed by atoms with van der Waals surface area (Å²) in [7, 11) is 4.11. The summed E-state index contributed by atoms with van der Waals surface area (Å²) in [6, 6.07) is 4.23. The van der Waals surface area contributed by atoms with Crippen LogP contribution in [-0.2, 0) is 4.74 Å². The molecule has 0 spiro atoms. The summed E-state index contributed by atoms with van der Waals surface area (Å²) in [5, 5.41) is 0. The highest BCUT2D eigenvalue weighted by atomic mass is 16.5. The first-order valence-corrected chi connectivity index (χ1v) is 5.60. The Morgan fingerprint density at radius 1 is 1.44 bits per heavy atom. The summed E-state index contributed by atoms with van der Waals surface area (Å²) in [4.78, 5) is 2.16. The molecule has 0 aromatic carbocycles. The fourth-order valence-electron chi connectivity index (χ4n) is 2.46. The van der Waals surface area contributed by atoms with Crippen molar-refractivity contribution in [2.45, 2.75) is 13.0 Å². The van der Waals surface area contributed by atoms with Crippen LogP contribution in [0.5, 0.6) is 0 Å². The Bertz CT molecular complexity index is 350. The van der Waals surface area contributed by atoms with Crippen LogP contribution in [0.1, 0.15) is 17.6 Å². The molecule has 1 aromatic heterocycles. The molecular weight excluding hydrogens is 204 g/mol. The van der Waals surface area contributed by atoms with Crippen molar-refractivity contribution < 1.29 is 9.15 Å². The van der Waals surface area contributed by atoms with Gasteiger partial charge in [0, 0.05) is 6.54 Å². The van der Waals surface area contributed by atoms with Crippen LogP contribution in [-0.4, -0.2) is 38.8 Å². The maximum absolute atomic E-state index is 5.90. The van der Waals surface area contributed by atoms with Crippen molar-refractivity contribution in [2.24, 2.45) is 11.1 Å². The molecule has 16 heavy (non-hydrogen) atoms. The van der Waals surface area contributed by atoms with E-state index in [4.69, 9.17) is 14.9 Å². The minimum Gasteiger partial charge on any atom is -0.465 e. The van der Waals surface area contributed by atoms with Gasteiger partial charge in [-0.1, -0.05) is 0 Å². The normalized spacial score (nSPS) is 20.8. The number of nitrogens with two attached hydrogens (primary N) is 1. The van der Waals surface area contributed by atoms with Crippen LogP contribution >= 0.6 is 0 Å². The number of aryl methyl sites for hydroxylation is 1. The van der Waals surface area contributed by atoms with Crippen molar-refractivity contribution in [3.05, 3.63) is 23.7 Å². The van der Waals surface area contributed by atoms with E-state index >= 15 is 0 Å². The average molecular weight is 224 g/mol. The van der Waals surface area contributed by atoms with Crippen LogP contribution in [0.15, 0.2) is 16.5 Å². The number of rotatable bonds is 4. The number of furan rings is 1. The molecule has 1 aliphatic heterocycles. The minimum atomic E-state index is 0.00773. The van der Waals surface area contributed by atoms with Gasteiger partial charge in [0.25, 0.3) is 0 Å². The topological polar surface area (TPSA) is 51.6 Å². The van der Waals surface area contributed by atoms with Gasteiger partial charge in [-0.2, -0.15) is 0 Å². The van der Waals surface area contributed by atoms with E-state index in [0.29, 0.717) is 19.8 Å². The quantitative estimate of drug-likeness (QED) is 0.834. The van der Waals surface area contributed by atoms with Gasteiger partial charge in [-0.15, -0.1) is 0 Å². The second kappa shape index (κ2) is 4.20. The van der Waals surface area contributed by atoms with Crippen molar-refractivity contribution in [1.29, 1.82) is 0 Å². The molecule has 90 valence electrons. The number of hydrogen-bond donors (Lipinski definition) is 1. The minimum absolute atomic E-state index is 0.00773. The third-order valence-corrected chi connectivity index (χ3v) is 3.31. The van der Waals surface area contributed by atoms with Crippen molar-refractivity contribution in [2.75, 3.05) is 33.9 Å². The molecule has 2 heterocycles. The van der Waals surface area contributed by atoms with E-state index in [9.17, 15) is 0 Å². The summed E-state index contributed by atoms with van der Waals surface area (Å²) < 4.78 is 11.1. The standard InChI is InChI=1S/C12H20N2O2/c1-9-4-5-10(16-9)11(14(2)3)12(6-13)7-15-8-12/h4-5,11H,6-8,13H2,1-3H3. The predicted octanol–water partition coefficient (Wildman–Crippen LogP) is 1.17. The molecule has 2 N–H and O–H groups in total. The zero-order valence-corrected chi connectivity index (χ0v) is 10.2. The molecule has 4 nitrogen and oxygen atoms in total. The second-order valence-electron chi connectivity index (χ2n) is 4.87. The zero-order valence-electron chi connectivity index (χ0n) is 10.2. The van der Waals surface area contributed by atoms with E-state index in [1.165, 1.54) is 0 Å². The smallest absolute Gasteiger partial charge is 0.122 e. The highest BCUT2D eigenvalue weighted by molar-refractivity contribution is 5.15. The van der Waals surface area contributed by atoms with E-state index in [0.717, 1.165) is 11.5 Å². The van der Waals surface area contributed by atoms with Gasteiger partial charge in [0.05, 0.1) is 24.7 Å². The molecule has 1 fully saturated rings. The van der Waals surface area contributed by atoms with Crippen LogP contribution in [0.3, 0.4) is 0 Å². The van der Waals surface area contributed by atoms with Crippen LogP contribution in [0.4, 0.5) is 0 Å². The molecule has 1 aromatic rings. The molecular formula is C12H20N2O2. The first-order chi connectivity index (χ1) is 7.59. The molecule has 4 heteroatoms. The van der Waals surface area contributed by atoms with Crippen LogP contribution in [0, 0.1) is 12.3 Å². The monoisotopic (exact) mass is 224 g/mol. The van der Waals surface area contributed by atoms with Crippen molar-refractivity contribution in [3.8, 4) is 0 Å². The van der Waals surface area contributed by atoms with Crippen LogP contribution in [0.25, 0.3) is 0 Å². The Kier molecular flexibility index (Phi) is 3.06. The molecule has 0 radical (unpaired) electrons. The lowest BCUT2D eigenvalue weighted by Gasteiger charge is -2.47. The second-order valence-corrected chi connectivity index (χ2v) is 4.87. The molecule has 1 unspecified atom stereocenters. The number of ether oxygens (including phenoxy) is 1. The van der Waals surface area contributed by atoms with Gasteiger partial charge in [0.2, 0.25) is 0 Å².